The van der Waals surface area contributed by atoms with Crippen molar-refractivity contribution in [2.75, 3.05) is 13.2 Å². The van der Waals surface area contributed by atoms with Crippen molar-refractivity contribution in [1.82, 2.24) is 0 Å². The first-order chi connectivity index (χ1) is 10.8. The molecule has 1 heterocycles. The van der Waals surface area contributed by atoms with Gasteiger partial charge in [0.1, 0.15) is 5.58 Å². The van der Waals surface area contributed by atoms with Gasteiger partial charge in [0, 0.05) is 30.5 Å². The normalized spacial score (nSPS) is 15.3. The van der Waals surface area contributed by atoms with Gasteiger partial charge < -0.3 is 19.0 Å². The van der Waals surface area contributed by atoms with Crippen LogP contribution >= 0.6 is 0 Å². The standard InChI is InChI=1S/C17H20O5/c18-8-3-9-20-15-11-14-12(6-7-17(19)22-14)10-16(15)21-13-4-1-2-5-13/h6-7,10-11,13,18H,1-5,8-9H2. The molecule has 1 aliphatic carbocycles. The van der Waals surface area contributed by atoms with Crippen LogP contribution in [0.4, 0.5) is 0 Å². The van der Waals surface area contributed by atoms with Crippen molar-refractivity contribution in [3.8, 4) is 11.5 Å². The fraction of sp³-hybridized carbons (Fsp3) is 0.471. The molecule has 1 fully saturated rings. The molecule has 0 bridgehead atoms. The number of benzene rings is 1. The third kappa shape index (κ3) is 3.42. The van der Waals surface area contributed by atoms with E-state index in [1.807, 2.05) is 6.07 Å². The van der Waals surface area contributed by atoms with Crippen molar-refractivity contribution in [2.45, 2.75) is 38.2 Å². The minimum absolute atomic E-state index is 0.0709. The maximum absolute atomic E-state index is 11.3. The molecule has 0 unspecified atom stereocenters. The van der Waals surface area contributed by atoms with Crippen LogP contribution in [0.3, 0.4) is 0 Å². The van der Waals surface area contributed by atoms with Crippen LogP contribution in [0, 0.1) is 0 Å². The summed E-state index contributed by atoms with van der Waals surface area (Å²) in [4.78, 5) is 11.3. The third-order valence-corrected chi connectivity index (χ3v) is 3.84. The molecule has 0 spiro atoms. The van der Waals surface area contributed by atoms with Crippen molar-refractivity contribution in [3.05, 3.63) is 34.7 Å². The molecule has 0 aliphatic heterocycles. The molecule has 22 heavy (non-hydrogen) atoms. The summed E-state index contributed by atoms with van der Waals surface area (Å²) in [6.07, 6.45) is 5.24. The predicted molar refractivity (Wildman–Crippen MR) is 82.6 cm³/mol. The van der Waals surface area contributed by atoms with E-state index in [1.54, 1.807) is 12.1 Å². The van der Waals surface area contributed by atoms with E-state index >= 15 is 0 Å². The van der Waals surface area contributed by atoms with E-state index < -0.39 is 5.63 Å². The van der Waals surface area contributed by atoms with Crippen LogP contribution in [0.25, 0.3) is 11.0 Å². The van der Waals surface area contributed by atoms with Gasteiger partial charge in [-0.25, -0.2) is 4.79 Å². The quantitative estimate of drug-likeness (QED) is 0.656. The Balaban J connectivity index is 1.92. The summed E-state index contributed by atoms with van der Waals surface area (Å²) in [5.74, 6) is 1.23. The summed E-state index contributed by atoms with van der Waals surface area (Å²) in [7, 11) is 0. The van der Waals surface area contributed by atoms with Gasteiger partial charge in [-0.05, 0) is 37.8 Å². The molecule has 1 saturated carbocycles. The highest BCUT2D eigenvalue weighted by atomic mass is 16.5. The van der Waals surface area contributed by atoms with Gasteiger partial charge in [0.15, 0.2) is 11.5 Å². The van der Waals surface area contributed by atoms with E-state index in [-0.39, 0.29) is 12.7 Å². The molecule has 118 valence electrons. The summed E-state index contributed by atoms with van der Waals surface area (Å²) < 4.78 is 17.0. The Morgan fingerprint density at radius 3 is 2.77 bits per heavy atom. The molecule has 0 amide bonds. The van der Waals surface area contributed by atoms with E-state index in [1.165, 1.54) is 18.9 Å². The molecular weight excluding hydrogens is 284 g/mol. The number of aliphatic hydroxyl groups is 1. The highest BCUT2D eigenvalue weighted by molar-refractivity contribution is 5.80. The Bertz CT molecular complexity index is 685. The third-order valence-electron chi connectivity index (χ3n) is 3.84. The number of hydrogen-bond acceptors (Lipinski definition) is 5. The first-order valence-corrected chi connectivity index (χ1v) is 7.74. The number of ether oxygens (including phenoxy) is 2. The first-order valence-electron chi connectivity index (χ1n) is 7.74. The van der Waals surface area contributed by atoms with Gasteiger partial charge in [-0.1, -0.05) is 0 Å². The summed E-state index contributed by atoms with van der Waals surface area (Å²) in [5, 5.41) is 9.69. The lowest BCUT2D eigenvalue weighted by atomic mass is 10.2. The fourth-order valence-corrected chi connectivity index (χ4v) is 2.71. The number of aliphatic hydroxyl groups excluding tert-OH is 1. The van der Waals surface area contributed by atoms with Crippen molar-refractivity contribution in [1.29, 1.82) is 0 Å². The number of rotatable bonds is 6. The highest BCUT2D eigenvalue weighted by Crippen LogP contribution is 2.35. The van der Waals surface area contributed by atoms with E-state index in [0.29, 0.717) is 30.1 Å². The molecule has 1 aliphatic rings. The minimum Gasteiger partial charge on any atom is -0.489 e. The molecule has 5 nitrogen and oxygen atoms in total. The summed E-state index contributed by atoms with van der Waals surface area (Å²) in [6.45, 7) is 0.460. The lowest BCUT2D eigenvalue weighted by molar-refractivity contribution is 0.188. The zero-order chi connectivity index (χ0) is 15.4. The molecule has 5 heteroatoms. The second kappa shape index (κ2) is 6.83. The summed E-state index contributed by atoms with van der Waals surface area (Å²) >= 11 is 0. The van der Waals surface area contributed by atoms with Crippen LogP contribution in [0.15, 0.2) is 33.5 Å². The molecule has 3 rings (SSSR count). The second-order valence-electron chi connectivity index (χ2n) is 5.54. The Morgan fingerprint density at radius 2 is 2.00 bits per heavy atom. The molecule has 1 N–H and O–H groups in total. The van der Waals surface area contributed by atoms with E-state index in [9.17, 15) is 4.79 Å². The van der Waals surface area contributed by atoms with Gasteiger partial charge in [0.2, 0.25) is 0 Å². The average molecular weight is 304 g/mol. The van der Waals surface area contributed by atoms with Gasteiger partial charge >= 0.3 is 5.63 Å². The van der Waals surface area contributed by atoms with Gasteiger partial charge in [-0.2, -0.15) is 0 Å². The summed E-state index contributed by atoms with van der Waals surface area (Å²) in [5.41, 5.74) is 0.0866. The molecule has 1 aromatic carbocycles. The molecule has 2 aromatic rings. The van der Waals surface area contributed by atoms with Gasteiger partial charge in [0.25, 0.3) is 0 Å². The van der Waals surface area contributed by atoms with Crippen molar-refractivity contribution in [3.63, 3.8) is 0 Å². The van der Waals surface area contributed by atoms with Crippen LogP contribution in [-0.2, 0) is 0 Å². The van der Waals surface area contributed by atoms with E-state index in [0.717, 1.165) is 18.2 Å². The van der Waals surface area contributed by atoms with Crippen LogP contribution in [-0.4, -0.2) is 24.4 Å². The van der Waals surface area contributed by atoms with Crippen molar-refractivity contribution in [2.24, 2.45) is 0 Å². The molecule has 0 radical (unpaired) electrons. The topological polar surface area (TPSA) is 68.9 Å². The van der Waals surface area contributed by atoms with Crippen LogP contribution in [0.1, 0.15) is 32.1 Å². The van der Waals surface area contributed by atoms with Crippen LogP contribution < -0.4 is 15.1 Å². The van der Waals surface area contributed by atoms with E-state index in [2.05, 4.69) is 0 Å². The zero-order valence-corrected chi connectivity index (χ0v) is 12.4. The minimum atomic E-state index is -0.390. The summed E-state index contributed by atoms with van der Waals surface area (Å²) in [6, 6.07) is 6.66. The van der Waals surface area contributed by atoms with Crippen molar-refractivity contribution < 1.29 is 19.0 Å². The molecular formula is C17H20O5. The number of fused-ring (bicyclic) bond motifs is 1. The Morgan fingerprint density at radius 1 is 1.18 bits per heavy atom. The lowest BCUT2D eigenvalue weighted by Crippen LogP contribution is -2.12. The number of hydrogen-bond donors (Lipinski definition) is 1. The molecule has 1 aromatic heterocycles. The highest BCUT2D eigenvalue weighted by Gasteiger charge is 2.19. The monoisotopic (exact) mass is 304 g/mol. The Kier molecular flexibility index (Phi) is 4.63. The fourth-order valence-electron chi connectivity index (χ4n) is 2.71. The first kappa shape index (κ1) is 14.9. The van der Waals surface area contributed by atoms with Gasteiger partial charge in [-0.3, -0.25) is 0 Å². The van der Waals surface area contributed by atoms with Crippen LogP contribution in [0.2, 0.25) is 0 Å². The largest absolute Gasteiger partial charge is 0.489 e. The lowest BCUT2D eigenvalue weighted by Gasteiger charge is -2.17. The van der Waals surface area contributed by atoms with Crippen molar-refractivity contribution >= 4 is 11.0 Å². The van der Waals surface area contributed by atoms with Crippen LogP contribution in [0.5, 0.6) is 11.5 Å². The zero-order valence-electron chi connectivity index (χ0n) is 12.4. The maximum atomic E-state index is 11.3. The average Bonchev–Trinajstić information content (AvgIpc) is 3.01. The molecule has 0 saturated heterocycles. The second-order valence-corrected chi connectivity index (χ2v) is 5.54. The van der Waals surface area contributed by atoms with E-state index in [4.69, 9.17) is 19.0 Å². The predicted octanol–water partition coefficient (Wildman–Crippen LogP) is 2.88. The SMILES string of the molecule is O=c1ccc2cc(OC3CCCC3)c(OCCCO)cc2o1. The van der Waals surface area contributed by atoms with Gasteiger partial charge in [0.05, 0.1) is 12.7 Å². The Labute approximate surface area is 128 Å². The smallest absolute Gasteiger partial charge is 0.336 e. The Hall–Kier alpha value is -2.01. The van der Waals surface area contributed by atoms with Gasteiger partial charge in [-0.15, -0.1) is 0 Å². The molecule has 0 atom stereocenters. The maximum Gasteiger partial charge on any atom is 0.336 e.